The van der Waals surface area contributed by atoms with E-state index < -0.39 is 6.61 Å². The molecule has 7 heteroatoms. The van der Waals surface area contributed by atoms with E-state index in [1.807, 2.05) is 0 Å². The van der Waals surface area contributed by atoms with Gasteiger partial charge in [0, 0.05) is 19.0 Å². The van der Waals surface area contributed by atoms with Crippen molar-refractivity contribution in [3.63, 3.8) is 0 Å². The second kappa shape index (κ2) is 6.19. The summed E-state index contributed by atoms with van der Waals surface area (Å²) in [6, 6.07) is 6.65. The van der Waals surface area contributed by atoms with E-state index in [-0.39, 0.29) is 11.3 Å². The first-order valence-electron chi connectivity index (χ1n) is 6.78. The summed E-state index contributed by atoms with van der Waals surface area (Å²) in [5, 5.41) is 3.85. The van der Waals surface area contributed by atoms with E-state index in [0.717, 1.165) is 37.0 Å². The number of anilines is 1. The molecule has 0 aliphatic carbocycles. The largest absolute Gasteiger partial charge is 0.433 e. The van der Waals surface area contributed by atoms with Crippen LogP contribution in [0.5, 0.6) is 5.75 Å². The summed E-state index contributed by atoms with van der Waals surface area (Å²) in [4.78, 5) is 4.74. The number of rotatable bonds is 3. The molecule has 114 valence electrons. The van der Waals surface area contributed by atoms with Crippen molar-refractivity contribution in [2.75, 3.05) is 24.3 Å². The van der Waals surface area contributed by atoms with Gasteiger partial charge in [0.25, 0.3) is 0 Å². The lowest BCUT2D eigenvalue weighted by atomic mass is 9.93. The van der Waals surface area contributed by atoms with Crippen LogP contribution in [0.2, 0.25) is 0 Å². The van der Waals surface area contributed by atoms with Crippen LogP contribution in [-0.2, 0) is 4.74 Å². The van der Waals surface area contributed by atoms with Crippen LogP contribution < -0.4 is 10.1 Å². The van der Waals surface area contributed by atoms with Crippen molar-refractivity contribution < 1.29 is 18.3 Å². The van der Waals surface area contributed by atoms with Gasteiger partial charge in [-0.1, -0.05) is 23.9 Å². The molecule has 2 heterocycles. The highest BCUT2D eigenvalue weighted by molar-refractivity contribution is 8.14. The summed E-state index contributed by atoms with van der Waals surface area (Å²) in [7, 11) is 0. The topological polar surface area (TPSA) is 42.8 Å². The summed E-state index contributed by atoms with van der Waals surface area (Å²) in [5.74, 6) is 1.03. The lowest BCUT2D eigenvalue weighted by molar-refractivity contribution is -0.0493. The SMILES string of the molecule is FC(F)Oc1ccccc1NC1=NC2(CCOCC2)CS1. The fraction of sp³-hybridized carbons (Fsp3) is 0.500. The minimum Gasteiger partial charge on any atom is -0.433 e. The van der Waals surface area contributed by atoms with Gasteiger partial charge in [0.1, 0.15) is 5.75 Å². The number of halogens is 2. The molecule has 1 fully saturated rings. The van der Waals surface area contributed by atoms with Crippen LogP contribution in [0.15, 0.2) is 29.3 Å². The number of nitrogens with one attached hydrogen (secondary N) is 1. The van der Waals surface area contributed by atoms with Gasteiger partial charge in [-0.05, 0) is 25.0 Å². The number of hydrogen-bond acceptors (Lipinski definition) is 5. The number of benzene rings is 1. The van der Waals surface area contributed by atoms with E-state index in [4.69, 9.17) is 9.73 Å². The molecule has 0 unspecified atom stereocenters. The predicted octanol–water partition coefficient (Wildman–Crippen LogP) is 3.35. The molecular formula is C14H16F2N2O2S. The van der Waals surface area contributed by atoms with E-state index in [0.29, 0.717) is 5.69 Å². The lowest BCUT2D eigenvalue weighted by Crippen LogP contribution is -2.34. The molecule has 4 nitrogen and oxygen atoms in total. The second-order valence-electron chi connectivity index (χ2n) is 5.04. The Morgan fingerprint density at radius 1 is 1.29 bits per heavy atom. The molecule has 0 amide bonds. The quantitative estimate of drug-likeness (QED) is 0.929. The highest BCUT2D eigenvalue weighted by atomic mass is 32.2. The predicted molar refractivity (Wildman–Crippen MR) is 79.4 cm³/mol. The molecule has 1 aromatic rings. The van der Waals surface area contributed by atoms with Crippen molar-refractivity contribution >= 4 is 22.6 Å². The third-order valence-electron chi connectivity index (χ3n) is 3.58. The number of para-hydroxylation sites is 2. The zero-order chi connectivity index (χ0) is 14.7. The molecule has 0 bridgehead atoms. The van der Waals surface area contributed by atoms with Gasteiger partial charge in [0.15, 0.2) is 5.17 Å². The van der Waals surface area contributed by atoms with Crippen molar-refractivity contribution in [2.45, 2.75) is 25.0 Å². The first-order valence-corrected chi connectivity index (χ1v) is 7.77. The van der Waals surface area contributed by atoms with Gasteiger partial charge < -0.3 is 14.8 Å². The molecule has 2 aliphatic rings. The average molecular weight is 314 g/mol. The number of amidine groups is 1. The molecule has 1 N–H and O–H groups in total. The fourth-order valence-electron chi connectivity index (χ4n) is 2.44. The molecule has 0 atom stereocenters. The molecule has 0 radical (unpaired) electrons. The molecule has 21 heavy (non-hydrogen) atoms. The van der Waals surface area contributed by atoms with Gasteiger partial charge >= 0.3 is 6.61 Å². The molecule has 0 saturated carbocycles. The van der Waals surface area contributed by atoms with Crippen LogP contribution >= 0.6 is 11.8 Å². The van der Waals surface area contributed by atoms with E-state index in [1.165, 1.54) is 6.07 Å². The third kappa shape index (κ3) is 3.47. The van der Waals surface area contributed by atoms with Crippen LogP contribution in [0.25, 0.3) is 0 Å². The smallest absolute Gasteiger partial charge is 0.387 e. The highest BCUT2D eigenvalue weighted by Gasteiger charge is 2.37. The van der Waals surface area contributed by atoms with E-state index in [1.54, 1.807) is 30.0 Å². The Hall–Kier alpha value is -1.34. The maximum Gasteiger partial charge on any atom is 0.387 e. The van der Waals surface area contributed by atoms with Crippen molar-refractivity contribution in [3.8, 4) is 5.75 Å². The highest BCUT2D eigenvalue weighted by Crippen LogP contribution is 2.37. The molecule has 3 rings (SSSR count). The Bertz CT molecular complexity index is 533. The summed E-state index contributed by atoms with van der Waals surface area (Å²) >= 11 is 1.61. The second-order valence-corrected chi connectivity index (χ2v) is 6.01. The number of hydrogen-bond donors (Lipinski definition) is 1. The number of ether oxygens (including phenoxy) is 2. The Morgan fingerprint density at radius 2 is 2.05 bits per heavy atom. The van der Waals surface area contributed by atoms with Crippen LogP contribution in [0.1, 0.15) is 12.8 Å². The van der Waals surface area contributed by atoms with Crippen molar-refractivity contribution in [2.24, 2.45) is 4.99 Å². The van der Waals surface area contributed by atoms with Crippen LogP contribution in [0, 0.1) is 0 Å². The Morgan fingerprint density at radius 3 is 2.81 bits per heavy atom. The molecule has 2 aliphatic heterocycles. The standard InChI is InChI=1S/C14H16F2N2O2S/c15-12(16)20-11-4-2-1-3-10(11)17-13-18-14(9-21-13)5-7-19-8-6-14/h1-4,12H,5-9H2,(H,17,18). The Labute approximate surface area is 125 Å². The van der Waals surface area contributed by atoms with E-state index in [9.17, 15) is 8.78 Å². The Balaban J connectivity index is 1.74. The van der Waals surface area contributed by atoms with E-state index >= 15 is 0 Å². The van der Waals surface area contributed by atoms with Crippen molar-refractivity contribution in [3.05, 3.63) is 24.3 Å². The Kier molecular flexibility index (Phi) is 4.30. The third-order valence-corrected chi connectivity index (χ3v) is 4.73. The number of alkyl halides is 2. The summed E-state index contributed by atoms with van der Waals surface area (Å²) in [6.45, 7) is -1.39. The summed E-state index contributed by atoms with van der Waals surface area (Å²) in [6.07, 6.45) is 1.81. The maximum atomic E-state index is 12.4. The lowest BCUT2D eigenvalue weighted by Gasteiger charge is -2.29. The van der Waals surface area contributed by atoms with Crippen LogP contribution in [0.3, 0.4) is 0 Å². The molecule has 1 saturated heterocycles. The first kappa shape index (κ1) is 14.6. The molecular weight excluding hydrogens is 298 g/mol. The van der Waals surface area contributed by atoms with Gasteiger partial charge in [-0.25, -0.2) is 0 Å². The van der Waals surface area contributed by atoms with Crippen LogP contribution in [0.4, 0.5) is 14.5 Å². The molecule has 1 spiro atoms. The minimum atomic E-state index is -2.84. The van der Waals surface area contributed by atoms with Gasteiger partial charge in [0.05, 0.1) is 11.2 Å². The first-order chi connectivity index (χ1) is 10.2. The van der Waals surface area contributed by atoms with Gasteiger partial charge in [-0.2, -0.15) is 8.78 Å². The summed E-state index contributed by atoms with van der Waals surface area (Å²) in [5.41, 5.74) is 0.442. The van der Waals surface area contributed by atoms with Crippen molar-refractivity contribution in [1.29, 1.82) is 0 Å². The zero-order valence-corrected chi connectivity index (χ0v) is 12.2. The minimum absolute atomic E-state index is 0.0657. The number of aliphatic imine (C=N–C) groups is 1. The normalized spacial score (nSPS) is 20.6. The summed E-state index contributed by atoms with van der Waals surface area (Å²) < 4.78 is 34.7. The molecule has 1 aromatic carbocycles. The van der Waals surface area contributed by atoms with E-state index in [2.05, 4.69) is 10.1 Å². The number of nitrogens with zero attached hydrogens (tertiary/aromatic N) is 1. The van der Waals surface area contributed by atoms with Gasteiger partial charge in [0.2, 0.25) is 0 Å². The monoisotopic (exact) mass is 314 g/mol. The fourth-order valence-corrected chi connectivity index (χ4v) is 3.64. The zero-order valence-electron chi connectivity index (χ0n) is 11.4. The van der Waals surface area contributed by atoms with Crippen LogP contribution in [-0.4, -0.2) is 36.3 Å². The number of thioether (sulfide) groups is 1. The van der Waals surface area contributed by atoms with Gasteiger partial charge in [-0.15, -0.1) is 0 Å². The average Bonchev–Trinajstić information content (AvgIpc) is 2.84. The molecule has 0 aromatic heterocycles. The van der Waals surface area contributed by atoms with Gasteiger partial charge in [-0.3, -0.25) is 4.99 Å². The maximum absolute atomic E-state index is 12.4. The van der Waals surface area contributed by atoms with Crippen molar-refractivity contribution in [1.82, 2.24) is 0 Å².